The van der Waals surface area contributed by atoms with Gasteiger partial charge in [0, 0.05) is 11.8 Å². The van der Waals surface area contributed by atoms with Crippen molar-refractivity contribution in [2.24, 2.45) is 0 Å². The van der Waals surface area contributed by atoms with Crippen LogP contribution >= 0.6 is 0 Å². The molecule has 9 nitrogen and oxygen atoms in total. The second-order valence-corrected chi connectivity index (χ2v) is 7.74. The van der Waals surface area contributed by atoms with E-state index in [4.69, 9.17) is 0 Å². The van der Waals surface area contributed by atoms with E-state index in [0.717, 1.165) is 0 Å². The molecule has 0 saturated heterocycles. The van der Waals surface area contributed by atoms with Gasteiger partial charge in [0.25, 0.3) is 20.8 Å². The number of hydrogen-bond donors (Lipinski definition) is 0. The molecule has 0 aliphatic rings. The Hall–Kier alpha value is -0.990. The molecule has 13 heteroatoms. The van der Waals surface area contributed by atoms with Gasteiger partial charge in [-0.2, -0.15) is 0 Å². The minimum atomic E-state index is -5.02. The predicted octanol–water partition coefficient (Wildman–Crippen LogP) is -4.05. The summed E-state index contributed by atoms with van der Waals surface area (Å²) in [6, 6.07) is 16.7. The summed E-state index contributed by atoms with van der Waals surface area (Å²) in [5.74, 6) is -1.01. The number of aromatic nitrogens is 1. The van der Waals surface area contributed by atoms with Gasteiger partial charge in [-0.3, -0.25) is 4.98 Å². The number of benzene rings is 2. The summed E-state index contributed by atoms with van der Waals surface area (Å²) in [4.78, 5) is 4.29. The van der Waals surface area contributed by atoms with Crippen molar-refractivity contribution in [3.8, 4) is 11.5 Å². The van der Waals surface area contributed by atoms with Crippen LogP contribution < -0.4 is 67.5 Å². The summed E-state index contributed by atoms with van der Waals surface area (Å²) in [5.41, 5.74) is 1.41. The van der Waals surface area contributed by atoms with Crippen LogP contribution in [0.3, 0.4) is 0 Å². The van der Waals surface area contributed by atoms with Crippen molar-refractivity contribution < 1.29 is 93.4 Å². The molecule has 0 amide bonds. The second kappa shape index (κ2) is 11.8. The van der Waals surface area contributed by atoms with Gasteiger partial charge in [0.2, 0.25) is 0 Å². The van der Waals surface area contributed by atoms with Crippen LogP contribution in [0.25, 0.3) is 0 Å². The summed E-state index contributed by atoms with van der Waals surface area (Å²) in [5, 5.41) is 0. The first-order valence-corrected chi connectivity index (χ1v) is 10.7. The van der Waals surface area contributed by atoms with E-state index in [1.807, 2.05) is 0 Å². The fourth-order valence-electron chi connectivity index (χ4n) is 2.79. The fourth-order valence-corrected chi connectivity index (χ4v) is 3.51. The van der Waals surface area contributed by atoms with Gasteiger partial charge in [0.15, 0.2) is 0 Å². The van der Waals surface area contributed by atoms with Crippen molar-refractivity contribution in [2.75, 3.05) is 0 Å². The molecule has 0 N–H and O–H groups in total. The minimum absolute atomic E-state index is 0. The van der Waals surface area contributed by atoms with E-state index in [2.05, 4.69) is 13.4 Å². The Morgan fingerprint density at radius 3 is 1.87 bits per heavy atom. The number of pyridine rings is 1. The summed E-state index contributed by atoms with van der Waals surface area (Å²) >= 11 is 0. The molecular weight excluding hydrogens is 468 g/mol. The van der Waals surface area contributed by atoms with Crippen LogP contribution in [0.5, 0.6) is 11.5 Å². The van der Waals surface area contributed by atoms with E-state index < -0.39 is 26.7 Å². The average molecular weight is 481 g/mol. The maximum atomic E-state index is 11.1. The first-order valence-electron chi connectivity index (χ1n) is 8.03. The van der Waals surface area contributed by atoms with Crippen molar-refractivity contribution >= 4 is 20.8 Å². The zero-order valence-electron chi connectivity index (χ0n) is 16.5. The molecule has 0 bridgehead atoms. The normalized spacial score (nSPS) is 12.1. The van der Waals surface area contributed by atoms with E-state index >= 15 is 0 Å². The zero-order chi connectivity index (χ0) is 21.1. The van der Waals surface area contributed by atoms with Gasteiger partial charge in [-0.05, 0) is 35.9 Å². The Kier molecular flexibility index (Phi) is 10.6. The Balaban J connectivity index is 0.00000240. The molecule has 1 aromatic heterocycles. The molecule has 0 radical (unpaired) electrons. The van der Waals surface area contributed by atoms with Gasteiger partial charge in [-0.25, -0.2) is 16.8 Å². The molecule has 3 aromatic rings. The van der Waals surface area contributed by atoms with Crippen LogP contribution in [0.1, 0.15) is 22.7 Å². The molecule has 0 aliphatic carbocycles. The molecule has 3 rings (SSSR count). The predicted molar refractivity (Wildman–Crippen MR) is 98.7 cm³/mol. The molecule has 152 valence electrons. The van der Waals surface area contributed by atoms with Gasteiger partial charge < -0.3 is 17.5 Å². The molecule has 0 saturated carbocycles. The number of hydrogen-bond acceptors (Lipinski definition) is 9. The van der Waals surface area contributed by atoms with E-state index in [9.17, 15) is 25.9 Å². The third-order valence-electron chi connectivity index (χ3n) is 3.82. The van der Waals surface area contributed by atoms with Crippen LogP contribution in [0.15, 0.2) is 72.9 Å². The number of rotatable bonds is 7. The van der Waals surface area contributed by atoms with Gasteiger partial charge in [-0.15, -0.1) is 0 Å². The second-order valence-electron chi connectivity index (χ2n) is 5.78. The monoisotopic (exact) mass is 481 g/mol. The molecule has 0 fully saturated rings. The SMILES string of the molecule is O=S(=O)([O-])Oc1ccc(C(c2ccccn2)c2ccccc2OS(=O)(=O)[O-])cc1.[Na+].[Na+]. The first-order chi connectivity index (χ1) is 13.6. The van der Waals surface area contributed by atoms with Crippen molar-refractivity contribution in [3.05, 3.63) is 89.7 Å². The maximum Gasteiger partial charge on any atom is 1.00 e. The number of para-hydroxylation sites is 1. The average Bonchev–Trinajstić information content (AvgIpc) is 2.63. The third kappa shape index (κ3) is 8.46. The van der Waals surface area contributed by atoms with Gasteiger partial charge in [0.05, 0.1) is 11.6 Å². The maximum absolute atomic E-state index is 11.1. The molecule has 31 heavy (non-hydrogen) atoms. The molecular formula is C18H13NNa2O8S2. The van der Waals surface area contributed by atoms with Crippen LogP contribution in [0, 0.1) is 0 Å². The van der Waals surface area contributed by atoms with Crippen LogP contribution in [0.4, 0.5) is 0 Å². The van der Waals surface area contributed by atoms with Gasteiger partial charge >= 0.3 is 59.1 Å². The summed E-state index contributed by atoms with van der Waals surface area (Å²) in [7, 11) is -9.94. The summed E-state index contributed by atoms with van der Waals surface area (Å²) < 4.78 is 74.5. The smallest absolute Gasteiger partial charge is 0.716 e. The fraction of sp³-hybridized carbons (Fsp3) is 0.0556. The molecule has 1 atom stereocenters. The van der Waals surface area contributed by atoms with Crippen LogP contribution in [-0.4, -0.2) is 30.9 Å². The van der Waals surface area contributed by atoms with E-state index in [-0.39, 0.29) is 70.6 Å². The third-order valence-corrected chi connectivity index (χ3v) is 4.60. The molecule has 0 aliphatic heterocycles. The van der Waals surface area contributed by atoms with E-state index in [1.54, 1.807) is 30.3 Å². The van der Waals surface area contributed by atoms with Crippen molar-refractivity contribution in [3.63, 3.8) is 0 Å². The van der Waals surface area contributed by atoms with Crippen molar-refractivity contribution in [1.82, 2.24) is 4.98 Å². The Morgan fingerprint density at radius 2 is 1.32 bits per heavy atom. The molecule has 0 spiro atoms. The molecule has 1 heterocycles. The zero-order valence-corrected chi connectivity index (χ0v) is 22.2. The first kappa shape index (κ1) is 28.0. The standard InChI is InChI=1S/C18H15NO8S2.2Na/c20-28(21,22)26-14-10-8-13(9-11-14)18(16-6-3-4-12-19-16)15-5-1-2-7-17(15)27-29(23,24)25;;/h1-12,18H,(H,20,21,22)(H,23,24,25);;/q;2*+1/p-2. The van der Waals surface area contributed by atoms with Crippen LogP contribution in [-0.2, 0) is 20.8 Å². The Morgan fingerprint density at radius 1 is 0.742 bits per heavy atom. The number of nitrogens with zero attached hydrogens (tertiary/aromatic N) is 1. The van der Waals surface area contributed by atoms with Gasteiger partial charge in [0.1, 0.15) is 11.5 Å². The molecule has 1 unspecified atom stereocenters. The Labute approximate surface area is 224 Å². The van der Waals surface area contributed by atoms with Gasteiger partial charge in [-0.1, -0.05) is 36.4 Å². The minimum Gasteiger partial charge on any atom is -0.716 e. The van der Waals surface area contributed by atoms with E-state index in [0.29, 0.717) is 16.8 Å². The van der Waals surface area contributed by atoms with Crippen molar-refractivity contribution in [1.29, 1.82) is 0 Å². The Bertz CT molecular complexity index is 1200. The molecule has 2 aromatic carbocycles. The summed E-state index contributed by atoms with van der Waals surface area (Å²) in [6.45, 7) is 0. The summed E-state index contributed by atoms with van der Waals surface area (Å²) in [6.07, 6.45) is 1.54. The topological polar surface area (TPSA) is 146 Å². The largest absolute Gasteiger partial charge is 1.00 e. The quantitative estimate of drug-likeness (QED) is 0.187. The van der Waals surface area contributed by atoms with Crippen molar-refractivity contribution in [2.45, 2.75) is 5.92 Å². The van der Waals surface area contributed by atoms with E-state index in [1.165, 1.54) is 42.6 Å². The van der Waals surface area contributed by atoms with Crippen LogP contribution in [0.2, 0.25) is 0 Å².